The van der Waals surface area contributed by atoms with Crippen molar-refractivity contribution in [3.05, 3.63) is 24.3 Å². The topological polar surface area (TPSA) is 90.7 Å². The van der Waals surface area contributed by atoms with E-state index in [4.69, 9.17) is 15.2 Å². The molecule has 0 aromatic heterocycles. The van der Waals surface area contributed by atoms with Crippen molar-refractivity contribution in [1.29, 1.82) is 0 Å². The summed E-state index contributed by atoms with van der Waals surface area (Å²) in [6, 6.07) is 6.41. The number of ether oxygens (including phenoxy) is 2. The largest absolute Gasteiger partial charge is 0.494 e. The zero-order chi connectivity index (χ0) is 15.1. The van der Waals surface area contributed by atoms with Crippen LogP contribution < -0.4 is 15.2 Å². The third-order valence-corrected chi connectivity index (χ3v) is 4.78. The molecule has 1 fully saturated rings. The smallest absolute Gasteiger partial charge is 0.240 e. The molecule has 1 atom stereocenters. The van der Waals surface area contributed by atoms with Gasteiger partial charge >= 0.3 is 0 Å². The molecular formula is C14H22N2O4S. The minimum absolute atomic E-state index is 0.243. The van der Waals surface area contributed by atoms with E-state index in [1.54, 1.807) is 24.3 Å². The molecule has 0 radical (unpaired) electrons. The second kappa shape index (κ2) is 7.74. The summed E-state index contributed by atoms with van der Waals surface area (Å²) in [6.45, 7) is 2.85. The molecule has 1 aromatic rings. The summed E-state index contributed by atoms with van der Waals surface area (Å²) >= 11 is 0. The molecule has 0 spiro atoms. The van der Waals surface area contributed by atoms with Gasteiger partial charge in [0.25, 0.3) is 0 Å². The zero-order valence-electron chi connectivity index (χ0n) is 12.0. The van der Waals surface area contributed by atoms with Gasteiger partial charge in [-0.25, -0.2) is 13.1 Å². The molecule has 1 aromatic carbocycles. The van der Waals surface area contributed by atoms with E-state index in [0.717, 1.165) is 12.8 Å². The highest BCUT2D eigenvalue weighted by atomic mass is 32.2. The Hall–Kier alpha value is -1.15. The number of sulfonamides is 1. The van der Waals surface area contributed by atoms with Gasteiger partial charge in [0.1, 0.15) is 5.75 Å². The van der Waals surface area contributed by atoms with Crippen molar-refractivity contribution in [3.63, 3.8) is 0 Å². The van der Waals surface area contributed by atoms with Crippen LogP contribution in [0.15, 0.2) is 29.2 Å². The maximum absolute atomic E-state index is 12.2. The second-order valence-electron chi connectivity index (χ2n) is 5.04. The summed E-state index contributed by atoms with van der Waals surface area (Å²) in [4.78, 5) is 0.243. The van der Waals surface area contributed by atoms with Crippen LogP contribution in [0.3, 0.4) is 0 Å². The maximum atomic E-state index is 12.2. The van der Waals surface area contributed by atoms with Crippen molar-refractivity contribution in [2.24, 2.45) is 11.7 Å². The van der Waals surface area contributed by atoms with Crippen LogP contribution in [0, 0.1) is 5.92 Å². The molecule has 3 N–H and O–H groups in total. The molecule has 1 heterocycles. The Morgan fingerprint density at radius 1 is 1.33 bits per heavy atom. The van der Waals surface area contributed by atoms with Crippen LogP contribution in [0.5, 0.6) is 5.75 Å². The number of hydrogen-bond donors (Lipinski definition) is 2. The molecule has 1 saturated heterocycles. The first-order valence-electron chi connectivity index (χ1n) is 7.12. The minimum atomic E-state index is -3.47. The lowest BCUT2D eigenvalue weighted by molar-refractivity contribution is 0.186. The molecule has 6 nitrogen and oxygen atoms in total. The summed E-state index contributed by atoms with van der Waals surface area (Å²) in [5.41, 5.74) is 5.38. The van der Waals surface area contributed by atoms with Gasteiger partial charge in [-0.15, -0.1) is 0 Å². The van der Waals surface area contributed by atoms with Crippen LogP contribution in [-0.4, -0.2) is 41.3 Å². The molecule has 1 aliphatic rings. The average Bonchev–Trinajstić information content (AvgIpc) is 3.00. The van der Waals surface area contributed by atoms with E-state index in [0.29, 0.717) is 38.7 Å². The van der Waals surface area contributed by atoms with Crippen molar-refractivity contribution in [2.45, 2.75) is 17.7 Å². The van der Waals surface area contributed by atoms with E-state index >= 15 is 0 Å². The second-order valence-corrected chi connectivity index (χ2v) is 6.81. The Bertz CT molecular complexity index is 524. The summed E-state index contributed by atoms with van der Waals surface area (Å²) in [7, 11) is -3.47. The van der Waals surface area contributed by atoms with Crippen molar-refractivity contribution < 1.29 is 17.9 Å². The van der Waals surface area contributed by atoms with Crippen LogP contribution in [0.1, 0.15) is 12.8 Å². The Labute approximate surface area is 125 Å². The van der Waals surface area contributed by atoms with Gasteiger partial charge in [-0.1, -0.05) is 0 Å². The van der Waals surface area contributed by atoms with Gasteiger partial charge in [-0.2, -0.15) is 0 Å². The van der Waals surface area contributed by atoms with Crippen molar-refractivity contribution >= 4 is 10.0 Å². The van der Waals surface area contributed by atoms with Crippen LogP contribution in [-0.2, 0) is 14.8 Å². The first-order valence-corrected chi connectivity index (χ1v) is 8.60. The van der Waals surface area contributed by atoms with Crippen molar-refractivity contribution in [2.75, 3.05) is 32.9 Å². The molecule has 0 aliphatic carbocycles. The number of benzene rings is 1. The van der Waals surface area contributed by atoms with Crippen LogP contribution in [0.4, 0.5) is 0 Å². The van der Waals surface area contributed by atoms with Crippen molar-refractivity contribution in [1.82, 2.24) is 4.72 Å². The summed E-state index contributed by atoms with van der Waals surface area (Å²) in [6.07, 6.45) is 1.67. The Balaban J connectivity index is 1.89. The summed E-state index contributed by atoms with van der Waals surface area (Å²) in [5, 5.41) is 0. The van der Waals surface area contributed by atoms with E-state index < -0.39 is 10.0 Å². The fraction of sp³-hybridized carbons (Fsp3) is 0.571. The van der Waals surface area contributed by atoms with E-state index in [1.165, 1.54) is 0 Å². The van der Waals surface area contributed by atoms with E-state index in [-0.39, 0.29) is 10.8 Å². The molecular weight excluding hydrogens is 292 g/mol. The molecule has 1 aliphatic heterocycles. The minimum Gasteiger partial charge on any atom is -0.494 e. The number of hydrogen-bond acceptors (Lipinski definition) is 5. The molecule has 1 unspecified atom stereocenters. The Morgan fingerprint density at radius 3 is 2.71 bits per heavy atom. The van der Waals surface area contributed by atoms with E-state index in [2.05, 4.69) is 4.72 Å². The third-order valence-electron chi connectivity index (χ3n) is 3.34. The lowest BCUT2D eigenvalue weighted by atomic mass is 10.1. The molecule has 7 heteroatoms. The fourth-order valence-corrected chi connectivity index (χ4v) is 3.16. The highest BCUT2D eigenvalue weighted by Crippen LogP contribution is 2.17. The van der Waals surface area contributed by atoms with Gasteiger partial charge in [0.15, 0.2) is 0 Å². The van der Waals surface area contributed by atoms with E-state index in [9.17, 15) is 8.42 Å². The summed E-state index contributed by atoms with van der Waals surface area (Å²) < 4.78 is 37.6. The lowest BCUT2D eigenvalue weighted by Gasteiger charge is -2.11. The average molecular weight is 314 g/mol. The predicted molar refractivity (Wildman–Crippen MR) is 79.7 cm³/mol. The molecule has 0 amide bonds. The van der Waals surface area contributed by atoms with Gasteiger partial charge in [0, 0.05) is 13.2 Å². The first kappa shape index (κ1) is 16.2. The Morgan fingerprint density at radius 2 is 2.10 bits per heavy atom. The number of nitrogens with one attached hydrogen (secondary N) is 1. The predicted octanol–water partition coefficient (Wildman–Crippen LogP) is 0.729. The zero-order valence-corrected chi connectivity index (χ0v) is 12.8. The maximum Gasteiger partial charge on any atom is 0.240 e. The molecule has 2 rings (SSSR count). The molecule has 21 heavy (non-hydrogen) atoms. The normalized spacial score (nSPS) is 18.8. The SMILES string of the molecule is NCCCOc1ccc(S(=O)(=O)NCC2CCOC2)cc1. The highest BCUT2D eigenvalue weighted by Gasteiger charge is 2.20. The highest BCUT2D eigenvalue weighted by molar-refractivity contribution is 7.89. The molecule has 0 bridgehead atoms. The van der Waals surface area contributed by atoms with Gasteiger partial charge in [0.05, 0.1) is 18.1 Å². The third kappa shape index (κ3) is 4.96. The van der Waals surface area contributed by atoms with Crippen LogP contribution in [0.25, 0.3) is 0 Å². The van der Waals surface area contributed by atoms with Gasteiger partial charge in [0.2, 0.25) is 10.0 Å². The quantitative estimate of drug-likeness (QED) is 0.690. The van der Waals surface area contributed by atoms with Crippen LogP contribution >= 0.6 is 0 Å². The Kier molecular flexibility index (Phi) is 5.98. The fourth-order valence-electron chi connectivity index (χ4n) is 2.04. The van der Waals surface area contributed by atoms with Gasteiger partial charge in [-0.05, 0) is 49.6 Å². The van der Waals surface area contributed by atoms with Crippen LogP contribution in [0.2, 0.25) is 0 Å². The first-order chi connectivity index (χ1) is 10.1. The molecule has 0 saturated carbocycles. The number of rotatable bonds is 8. The molecule has 118 valence electrons. The monoisotopic (exact) mass is 314 g/mol. The lowest BCUT2D eigenvalue weighted by Crippen LogP contribution is -2.29. The number of nitrogens with two attached hydrogens (primary N) is 1. The van der Waals surface area contributed by atoms with Crippen molar-refractivity contribution in [3.8, 4) is 5.75 Å². The van der Waals surface area contributed by atoms with E-state index in [1.807, 2.05) is 0 Å². The van der Waals surface area contributed by atoms with Gasteiger partial charge < -0.3 is 15.2 Å². The summed E-state index contributed by atoms with van der Waals surface area (Å²) in [5.74, 6) is 0.908. The standard InChI is InChI=1S/C14H22N2O4S/c15-7-1-8-20-13-2-4-14(5-3-13)21(17,18)16-10-12-6-9-19-11-12/h2-5,12,16H,1,6-11,15H2. The van der Waals surface area contributed by atoms with Gasteiger partial charge in [-0.3, -0.25) is 0 Å².